The van der Waals surface area contributed by atoms with Gasteiger partial charge in [0.2, 0.25) is 0 Å². The van der Waals surface area contributed by atoms with Crippen molar-refractivity contribution in [3.05, 3.63) is 29.3 Å². The van der Waals surface area contributed by atoms with E-state index in [1.807, 2.05) is 11.8 Å². The fraction of sp³-hybridized carbons (Fsp3) is 0.500. The number of carbonyl (C=O) groups is 1. The number of rotatable bonds is 6. The van der Waals surface area contributed by atoms with E-state index < -0.39 is 0 Å². The molecule has 29 heavy (non-hydrogen) atoms. The van der Waals surface area contributed by atoms with E-state index in [2.05, 4.69) is 47.1 Å². The van der Waals surface area contributed by atoms with Crippen LogP contribution in [-0.4, -0.2) is 47.1 Å². The highest BCUT2D eigenvalue weighted by Crippen LogP contribution is 2.34. The SMILES string of the molecule is CCCN(CC)C(=O)c1cnc(-c2noc3cc(N4CCC(C)CC4)ccc23)s1. The molecule has 2 aromatic heterocycles. The summed E-state index contributed by atoms with van der Waals surface area (Å²) in [6, 6.07) is 6.27. The Morgan fingerprint density at radius 2 is 2.10 bits per heavy atom. The molecule has 1 aliphatic heterocycles. The molecular formula is C22H28N4O2S. The highest BCUT2D eigenvalue weighted by Gasteiger charge is 2.21. The number of carbonyl (C=O) groups excluding carboxylic acids is 1. The summed E-state index contributed by atoms with van der Waals surface area (Å²) in [6.07, 6.45) is 5.05. The average molecular weight is 413 g/mol. The Bertz CT molecular complexity index is 988. The largest absolute Gasteiger partial charge is 0.371 e. The van der Waals surface area contributed by atoms with Crippen molar-refractivity contribution in [1.29, 1.82) is 0 Å². The number of fused-ring (bicyclic) bond motifs is 1. The molecule has 7 heteroatoms. The lowest BCUT2D eigenvalue weighted by molar-refractivity contribution is 0.0769. The zero-order valence-electron chi connectivity index (χ0n) is 17.4. The van der Waals surface area contributed by atoms with Gasteiger partial charge in [-0.05, 0) is 44.2 Å². The van der Waals surface area contributed by atoms with Crippen LogP contribution < -0.4 is 4.90 Å². The van der Waals surface area contributed by atoms with Gasteiger partial charge >= 0.3 is 0 Å². The highest BCUT2D eigenvalue weighted by atomic mass is 32.1. The van der Waals surface area contributed by atoms with E-state index in [9.17, 15) is 4.79 Å². The third kappa shape index (κ3) is 4.01. The van der Waals surface area contributed by atoms with E-state index in [4.69, 9.17) is 4.52 Å². The monoisotopic (exact) mass is 412 g/mol. The molecule has 0 unspecified atom stereocenters. The number of hydrogen-bond acceptors (Lipinski definition) is 6. The Kier molecular flexibility index (Phi) is 5.85. The van der Waals surface area contributed by atoms with Gasteiger partial charge in [-0.1, -0.05) is 19.0 Å². The van der Waals surface area contributed by atoms with Gasteiger partial charge in [0.25, 0.3) is 5.91 Å². The normalized spacial score (nSPS) is 15.2. The van der Waals surface area contributed by atoms with Gasteiger partial charge in [0.05, 0.1) is 11.6 Å². The van der Waals surface area contributed by atoms with Gasteiger partial charge in [0.15, 0.2) is 5.58 Å². The second-order valence-corrected chi connectivity index (χ2v) is 8.83. The van der Waals surface area contributed by atoms with E-state index in [1.165, 1.54) is 29.9 Å². The van der Waals surface area contributed by atoms with Crippen molar-refractivity contribution in [3.8, 4) is 10.7 Å². The Morgan fingerprint density at radius 1 is 1.31 bits per heavy atom. The molecule has 0 bridgehead atoms. The number of piperidine rings is 1. The predicted octanol–water partition coefficient (Wildman–Crippen LogP) is 5.06. The Balaban J connectivity index is 1.57. The standard InChI is InChI=1S/C22H28N4O2S/c1-4-10-25(5-2)22(27)19-14-23-21(29-19)20-17-7-6-16(13-18(17)28-24-20)26-11-8-15(3)9-12-26/h6-7,13-15H,4-5,8-12H2,1-3H3. The lowest BCUT2D eigenvalue weighted by Gasteiger charge is -2.32. The lowest BCUT2D eigenvalue weighted by Crippen LogP contribution is -2.32. The van der Waals surface area contributed by atoms with E-state index in [0.717, 1.165) is 47.9 Å². The minimum absolute atomic E-state index is 0.0347. The third-order valence-corrected chi connectivity index (χ3v) is 6.68. The Hall–Kier alpha value is -2.41. The molecule has 4 rings (SSSR count). The quantitative estimate of drug-likeness (QED) is 0.566. The second kappa shape index (κ2) is 8.53. The van der Waals surface area contributed by atoms with Crippen LogP contribution in [0.15, 0.2) is 28.9 Å². The summed E-state index contributed by atoms with van der Waals surface area (Å²) in [6.45, 7) is 10.0. The summed E-state index contributed by atoms with van der Waals surface area (Å²) in [5, 5.41) is 5.93. The van der Waals surface area contributed by atoms with Gasteiger partial charge in [-0.2, -0.15) is 0 Å². The van der Waals surface area contributed by atoms with Crippen LogP contribution in [0.25, 0.3) is 21.7 Å². The molecule has 6 nitrogen and oxygen atoms in total. The highest BCUT2D eigenvalue weighted by molar-refractivity contribution is 7.17. The number of nitrogens with zero attached hydrogens (tertiary/aromatic N) is 4. The van der Waals surface area contributed by atoms with Crippen LogP contribution in [0.2, 0.25) is 0 Å². The van der Waals surface area contributed by atoms with Gasteiger partial charge in [0, 0.05) is 37.9 Å². The number of benzene rings is 1. The number of thiazole rings is 1. The number of amides is 1. The molecule has 0 N–H and O–H groups in total. The van der Waals surface area contributed by atoms with Crippen LogP contribution in [0.5, 0.6) is 0 Å². The molecule has 0 radical (unpaired) electrons. The van der Waals surface area contributed by atoms with Crippen LogP contribution in [0, 0.1) is 5.92 Å². The van der Waals surface area contributed by atoms with Gasteiger partial charge in [-0.15, -0.1) is 11.3 Å². The topological polar surface area (TPSA) is 62.5 Å². The maximum Gasteiger partial charge on any atom is 0.265 e. The summed E-state index contributed by atoms with van der Waals surface area (Å²) in [7, 11) is 0. The molecule has 3 aromatic rings. The number of anilines is 1. The zero-order chi connectivity index (χ0) is 20.4. The maximum atomic E-state index is 12.7. The Morgan fingerprint density at radius 3 is 2.83 bits per heavy atom. The lowest BCUT2D eigenvalue weighted by atomic mass is 9.99. The minimum Gasteiger partial charge on any atom is -0.371 e. The van der Waals surface area contributed by atoms with E-state index in [1.54, 1.807) is 6.20 Å². The summed E-state index contributed by atoms with van der Waals surface area (Å²) in [4.78, 5) is 22.1. The molecule has 0 atom stereocenters. The summed E-state index contributed by atoms with van der Waals surface area (Å²) in [5.41, 5.74) is 2.65. The van der Waals surface area contributed by atoms with Gasteiger partial charge in [0.1, 0.15) is 15.6 Å². The van der Waals surface area contributed by atoms with Crippen LogP contribution in [0.4, 0.5) is 5.69 Å². The van der Waals surface area contributed by atoms with Crippen LogP contribution in [-0.2, 0) is 0 Å². The predicted molar refractivity (Wildman–Crippen MR) is 118 cm³/mol. The first-order valence-electron chi connectivity index (χ1n) is 10.5. The molecule has 154 valence electrons. The average Bonchev–Trinajstić information content (AvgIpc) is 3.38. The van der Waals surface area contributed by atoms with Crippen molar-refractivity contribution >= 4 is 33.9 Å². The van der Waals surface area contributed by atoms with Gasteiger partial charge in [-0.25, -0.2) is 4.98 Å². The fourth-order valence-electron chi connectivity index (χ4n) is 3.86. The molecule has 3 heterocycles. The maximum absolute atomic E-state index is 12.7. The first kappa shape index (κ1) is 19.9. The summed E-state index contributed by atoms with van der Waals surface area (Å²) < 4.78 is 5.63. The molecule has 1 aromatic carbocycles. The molecule has 0 aliphatic carbocycles. The molecular weight excluding hydrogens is 384 g/mol. The van der Waals surface area contributed by atoms with Crippen LogP contribution >= 0.6 is 11.3 Å². The number of aromatic nitrogens is 2. The van der Waals surface area contributed by atoms with Crippen molar-refractivity contribution in [2.24, 2.45) is 5.92 Å². The summed E-state index contributed by atoms with van der Waals surface area (Å²) in [5.74, 6) is 0.835. The molecule has 0 saturated carbocycles. The zero-order valence-corrected chi connectivity index (χ0v) is 18.2. The van der Waals surface area contributed by atoms with E-state index in [-0.39, 0.29) is 5.91 Å². The molecule has 0 spiro atoms. The van der Waals surface area contributed by atoms with E-state index >= 15 is 0 Å². The van der Waals surface area contributed by atoms with Gasteiger partial charge in [-0.3, -0.25) is 4.79 Å². The smallest absolute Gasteiger partial charge is 0.265 e. The minimum atomic E-state index is 0.0347. The summed E-state index contributed by atoms with van der Waals surface area (Å²) >= 11 is 1.38. The third-order valence-electron chi connectivity index (χ3n) is 5.69. The first-order chi connectivity index (χ1) is 14.1. The van der Waals surface area contributed by atoms with Crippen molar-refractivity contribution in [1.82, 2.24) is 15.0 Å². The Labute approximate surface area is 175 Å². The van der Waals surface area contributed by atoms with E-state index in [0.29, 0.717) is 17.1 Å². The van der Waals surface area contributed by atoms with Crippen molar-refractivity contribution in [2.75, 3.05) is 31.1 Å². The van der Waals surface area contributed by atoms with Crippen molar-refractivity contribution in [2.45, 2.75) is 40.0 Å². The molecule has 1 amide bonds. The molecule has 1 aliphatic rings. The number of hydrogen-bond donors (Lipinski definition) is 0. The molecule has 1 fully saturated rings. The van der Waals surface area contributed by atoms with Crippen molar-refractivity contribution in [3.63, 3.8) is 0 Å². The van der Waals surface area contributed by atoms with Crippen molar-refractivity contribution < 1.29 is 9.32 Å². The van der Waals surface area contributed by atoms with Gasteiger partial charge < -0.3 is 14.3 Å². The fourth-order valence-corrected chi connectivity index (χ4v) is 4.73. The van der Waals surface area contributed by atoms with Crippen LogP contribution in [0.1, 0.15) is 49.7 Å². The molecule has 1 saturated heterocycles. The second-order valence-electron chi connectivity index (χ2n) is 7.80. The van der Waals surface area contributed by atoms with Crippen LogP contribution in [0.3, 0.4) is 0 Å². The first-order valence-corrected chi connectivity index (χ1v) is 11.3.